The third-order valence-corrected chi connectivity index (χ3v) is 3.27. The predicted octanol–water partition coefficient (Wildman–Crippen LogP) is 2.88. The van der Waals surface area contributed by atoms with Crippen molar-refractivity contribution in [2.24, 2.45) is 0 Å². The highest BCUT2D eigenvalue weighted by atomic mass is 16.1. The van der Waals surface area contributed by atoms with Gasteiger partial charge in [0.2, 0.25) is 0 Å². The van der Waals surface area contributed by atoms with Crippen molar-refractivity contribution in [1.82, 2.24) is 5.32 Å². The lowest BCUT2D eigenvalue weighted by atomic mass is 9.79. The zero-order chi connectivity index (χ0) is 12.4. The molecule has 1 atom stereocenters. The summed E-state index contributed by atoms with van der Waals surface area (Å²) in [5.41, 5.74) is 1.00. The molecule has 1 N–H and O–H groups in total. The Morgan fingerprint density at radius 2 is 1.44 bits per heavy atom. The Labute approximate surface area is 106 Å². The van der Waals surface area contributed by atoms with Gasteiger partial charge in [-0.15, -0.1) is 0 Å². The van der Waals surface area contributed by atoms with E-state index in [0.29, 0.717) is 0 Å². The van der Waals surface area contributed by atoms with Crippen molar-refractivity contribution in [3.63, 3.8) is 0 Å². The maximum atomic E-state index is 12.6. The van der Waals surface area contributed by atoms with Crippen LogP contribution in [0.25, 0.3) is 0 Å². The van der Waals surface area contributed by atoms with Gasteiger partial charge in [0, 0.05) is 5.56 Å². The van der Waals surface area contributed by atoms with Gasteiger partial charge in [-0.05, 0) is 17.8 Å². The number of Topliss-reactive ketones (excluding diaryl/α,β-unsaturated/α-hetero) is 1. The summed E-state index contributed by atoms with van der Waals surface area (Å²) in [7, 11) is 0. The van der Waals surface area contributed by atoms with Crippen molar-refractivity contribution in [1.29, 1.82) is 0 Å². The number of carbonyl (C=O) groups is 1. The van der Waals surface area contributed by atoms with E-state index in [1.54, 1.807) is 0 Å². The Kier molecular flexibility index (Phi) is 2.49. The Morgan fingerprint density at radius 1 is 0.889 bits per heavy atom. The first kappa shape index (κ1) is 10.8. The number of benzene rings is 2. The van der Waals surface area contributed by atoms with E-state index in [9.17, 15) is 4.79 Å². The highest BCUT2D eigenvalue weighted by Crippen LogP contribution is 2.31. The van der Waals surface area contributed by atoms with E-state index in [0.717, 1.165) is 11.1 Å². The molecule has 3 rings (SSSR count). The van der Waals surface area contributed by atoms with Crippen molar-refractivity contribution >= 4 is 5.78 Å². The standard InChI is InChI=1S/C16H13NO/c18-15(13-7-3-1-4-8-13)16(11-12-17-16)14-9-5-2-6-10-14/h1-12,17H. The highest BCUT2D eigenvalue weighted by molar-refractivity contribution is 6.06. The third-order valence-electron chi connectivity index (χ3n) is 3.27. The van der Waals surface area contributed by atoms with Gasteiger partial charge in [0.05, 0.1) is 0 Å². The van der Waals surface area contributed by atoms with Gasteiger partial charge in [0.25, 0.3) is 0 Å². The summed E-state index contributed by atoms with van der Waals surface area (Å²) in [6.45, 7) is 0. The Hall–Kier alpha value is -2.35. The molecular weight excluding hydrogens is 222 g/mol. The number of nitrogens with one attached hydrogen (secondary N) is 1. The van der Waals surface area contributed by atoms with E-state index in [4.69, 9.17) is 0 Å². The Morgan fingerprint density at radius 3 is 1.94 bits per heavy atom. The maximum absolute atomic E-state index is 12.6. The van der Waals surface area contributed by atoms with Gasteiger partial charge < -0.3 is 5.32 Å². The molecule has 0 saturated carbocycles. The highest BCUT2D eigenvalue weighted by Gasteiger charge is 2.41. The van der Waals surface area contributed by atoms with Gasteiger partial charge in [0.1, 0.15) is 5.54 Å². The largest absolute Gasteiger partial charge is 0.372 e. The number of hydrogen-bond acceptors (Lipinski definition) is 2. The minimum Gasteiger partial charge on any atom is -0.372 e. The minimum atomic E-state index is -0.692. The quantitative estimate of drug-likeness (QED) is 0.829. The van der Waals surface area contributed by atoms with Crippen molar-refractivity contribution in [2.45, 2.75) is 5.54 Å². The van der Waals surface area contributed by atoms with Gasteiger partial charge in [-0.2, -0.15) is 0 Å². The average molecular weight is 235 g/mol. The molecule has 0 fully saturated rings. The van der Waals surface area contributed by atoms with Crippen molar-refractivity contribution in [2.75, 3.05) is 0 Å². The van der Waals surface area contributed by atoms with Crippen LogP contribution in [0.1, 0.15) is 15.9 Å². The summed E-state index contributed by atoms with van der Waals surface area (Å²) in [4.78, 5) is 12.6. The maximum Gasteiger partial charge on any atom is 0.196 e. The van der Waals surface area contributed by atoms with Crippen LogP contribution in [-0.2, 0) is 5.54 Å². The van der Waals surface area contributed by atoms with Crippen molar-refractivity contribution in [3.05, 3.63) is 84.1 Å². The molecule has 0 spiro atoms. The zero-order valence-corrected chi connectivity index (χ0v) is 9.84. The average Bonchev–Trinajstić information content (AvgIpc) is 2.40. The number of rotatable bonds is 3. The molecule has 1 heterocycles. The number of ketones is 1. The second-order valence-electron chi connectivity index (χ2n) is 4.35. The van der Waals surface area contributed by atoms with E-state index < -0.39 is 5.54 Å². The molecule has 0 radical (unpaired) electrons. The normalized spacial score (nSPS) is 20.9. The molecule has 2 nitrogen and oxygen atoms in total. The monoisotopic (exact) mass is 235 g/mol. The topological polar surface area (TPSA) is 29.1 Å². The first-order chi connectivity index (χ1) is 8.83. The van der Waals surface area contributed by atoms with Gasteiger partial charge in [-0.3, -0.25) is 4.79 Å². The molecular formula is C16H13NO. The molecule has 0 aromatic heterocycles. The van der Waals surface area contributed by atoms with Crippen LogP contribution in [0.2, 0.25) is 0 Å². The van der Waals surface area contributed by atoms with E-state index in [2.05, 4.69) is 5.32 Å². The molecule has 0 aliphatic carbocycles. The first-order valence-electron chi connectivity index (χ1n) is 5.94. The molecule has 1 unspecified atom stereocenters. The second kappa shape index (κ2) is 4.15. The minimum absolute atomic E-state index is 0.0804. The summed E-state index contributed by atoms with van der Waals surface area (Å²) in [5.74, 6) is 0.0804. The lowest BCUT2D eigenvalue weighted by Crippen LogP contribution is -2.50. The third kappa shape index (κ3) is 1.54. The number of carbonyl (C=O) groups excluding carboxylic acids is 1. The van der Waals surface area contributed by atoms with E-state index in [1.807, 2.05) is 72.9 Å². The molecule has 1 aliphatic heterocycles. The lowest BCUT2D eigenvalue weighted by Gasteiger charge is -2.36. The fourth-order valence-electron chi connectivity index (χ4n) is 2.22. The molecule has 1 aliphatic rings. The molecule has 2 heteroatoms. The van der Waals surface area contributed by atoms with Crippen LogP contribution in [0.15, 0.2) is 72.9 Å². The van der Waals surface area contributed by atoms with E-state index in [-0.39, 0.29) is 5.78 Å². The van der Waals surface area contributed by atoms with Gasteiger partial charge in [-0.25, -0.2) is 0 Å². The molecule has 0 amide bonds. The van der Waals surface area contributed by atoms with E-state index in [1.165, 1.54) is 0 Å². The van der Waals surface area contributed by atoms with Crippen LogP contribution in [-0.4, -0.2) is 5.78 Å². The molecule has 88 valence electrons. The van der Waals surface area contributed by atoms with Crippen LogP contribution in [0.5, 0.6) is 0 Å². The van der Waals surface area contributed by atoms with Crippen LogP contribution >= 0.6 is 0 Å². The molecule has 0 saturated heterocycles. The molecule has 2 aromatic carbocycles. The number of hydrogen-bond donors (Lipinski definition) is 1. The smallest absolute Gasteiger partial charge is 0.196 e. The van der Waals surface area contributed by atoms with E-state index >= 15 is 0 Å². The fourth-order valence-corrected chi connectivity index (χ4v) is 2.22. The van der Waals surface area contributed by atoms with Crippen LogP contribution in [0, 0.1) is 0 Å². The lowest BCUT2D eigenvalue weighted by molar-refractivity contribution is 0.0886. The predicted molar refractivity (Wildman–Crippen MR) is 71.2 cm³/mol. The summed E-state index contributed by atoms with van der Waals surface area (Å²) in [5, 5.41) is 3.14. The van der Waals surface area contributed by atoms with Gasteiger partial charge in [-0.1, -0.05) is 60.7 Å². The van der Waals surface area contributed by atoms with Crippen LogP contribution in [0.3, 0.4) is 0 Å². The summed E-state index contributed by atoms with van der Waals surface area (Å²) >= 11 is 0. The Balaban J connectivity index is 2.04. The summed E-state index contributed by atoms with van der Waals surface area (Å²) < 4.78 is 0. The van der Waals surface area contributed by atoms with Crippen LogP contribution < -0.4 is 5.32 Å². The molecule has 18 heavy (non-hydrogen) atoms. The summed E-state index contributed by atoms with van der Waals surface area (Å²) in [6.07, 6.45) is 3.73. The van der Waals surface area contributed by atoms with Gasteiger partial charge in [0.15, 0.2) is 5.78 Å². The zero-order valence-electron chi connectivity index (χ0n) is 9.84. The summed E-state index contributed by atoms with van der Waals surface area (Å²) in [6, 6.07) is 19.2. The molecule has 2 aromatic rings. The van der Waals surface area contributed by atoms with Crippen molar-refractivity contribution < 1.29 is 4.79 Å². The molecule has 0 bridgehead atoms. The van der Waals surface area contributed by atoms with Crippen molar-refractivity contribution in [3.8, 4) is 0 Å². The fraction of sp³-hybridized carbons (Fsp3) is 0.0625. The second-order valence-corrected chi connectivity index (χ2v) is 4.35. The first-order valence-corrected chi connectivity index (χ1v) is 5.94. The SMILES string of the molecule is O=C(c1ccccc1)C1(c2ccccc2)C=CN1. The Bertz CT molecular complexity index is 589. The van der Waals surface area contributed by atoms with Gasteiger partial charge >= 0.3 is 0 Å². The van der Waals surface area contributed by atoms with Crippen LogP contribution in [0.4, 0.5) is 0 Å².